The Morgan fingerprint density at radius 1 is 1.27 bits per heavy atom. The van der Waals surface area contributed by atoms with E-state index in [0.717, 1.165) is 24.1 Å². The van der Waals surface area contributed by atoms with Gasteiger partial charge in [0.2, 0.25) is 0 Å². The van der Waals surface area contributed by atoms with Gasteiger partial charge in [-0.3, -0.25) is 18.7 Å². The molecule has 10 heteroatoms. The molecule has 3 heterocycles. The first-order valence-electron chi connectivity index (χ1n) is 7.97. The van der Waals surface area contributed by atoms with Crippen LogP contribution in [-0.4, -0.2) is 39.2 Å². The molecule has 144 valence electrons. The monoisotopic (exact) mass is 403 g/mol. The molecule has 0 spiro atoms. The summed E-state index contributed by atoms with van der Waals surface area (Å²) < 4.78 is 2.31. The van der Waals surface area contributed by atoms with E-state index in [9.17, 15) is 14.4 Å². The summed E-state index contributed by atoms with van der Waals surface area (Å²) in [6, 6.07) is 1.55. The van der Waals surface area contributed by atoms with E-state index in [1.165, 1.54) is 23.9 Å². The molecule has 1 aliphatic rings. The maximum absolute atomic E-state index is 12.5. The van der Waals surface area contributed by atoms with Crippen molar-refractivity contribution in [3.05, 3.63) is 38.7 Å². The molecule has 0 radical (unpaired) electrons. The van der Waals surface area contributed by atoms with Crippen LogP contribution in [0.15, 0.2) is 21.9 Å². The van der Waals surface area contributed by atoms with Crippen molar-refractivity contribution in [2.45, 2.75) is 19.4 Å². The predicted molar refractivity (Wildman–Crippen MR) is 105 cm³/mol. The van der Waals surface area contributed by atoms with Gasteiger partial charge in [-0.05, 0) is 24.9 Å². The number of carbonyl (C=O) groups is 1. The molecule has 2 atom stereocenters. The SMILES string of the molecule is CC1CCNCC1NC(=O)c1cnc2c(c1)c(=O)n(C)c(=O)n2C.Cl.Cl. The number of fused-ring (bicyclic) bond motifs is 1. The second-order valence-corrected chi connectivity index (χ2v) is 6.35. The Morgan fingerprint density at radius 3 is 2.62 bits per heavy atom. The van der Waals surface area contributed by atoms with Gasteiger partial charge in [-0.2, -0.15) is 0 Å². The zero-order chi connectivity index (χ0) is 17.4. The highest BCUT2D eigenvalue weighted by molar-refractivity contribution is 5.96. The zero-order valence-corrected chi connectivity index (χ0v) is 16.4. The number of halogens is 2. The van der Waals surface area contributed by atoms with Crippen LogP contribution in [0.2, 0.25) is 0 Å². The topological polar surface area (TPSA) is 98.0 Å². The summed E-state index contributed by atoms with van der Waals surface area (Å²) >= 11 is 0. The van der Waals surface area contributed by atoms with E-state index in [4.69, 9.17) is 0 Å². The van der Waals surface area contributed by atoms with Crippen LogP contribution in [-0.2, 0) is 14.1 Å². The van der Waals surface area contributed by atoms with E-state index in [1.54, 1.807) is 7.05 Å². The van der Waals surface area contributed by atoms with E-state index in [0.29, 0.717) is 11.5 Å². The van der Waals surface area contributed by atoms with Gasteiger partial charge in [-0.1, -0.05) is 6.92 Å². The minimum Gasteiger partial charge on any atom is -0.348 e. The third-order valence-electron chi connectivity index (χ3n) is 4.70. The molecule has 0 saturated carbocycles. The van der Waals surface area contributed by atoms with Crippen molar-refractivity contribution < 1.29 is 4.79 Å². The van der Waals surface area contributed by atoms with Gasteiger partial charge in [0.25, 0.3) is 11.5 Å². The molecule has 1 saturated heterocycles. The van der Waals surface area contributed by atoms with E-state index >= 15 is 0 Å². The van der Waals surface area contributed by atoms with Crippen LogP contribution < -0.4 is 21.9 Å². The van der Waals surface area contributed by atoms with Crippen molar-refractivity contribution >= 4 is 41.8 Å². The molecular formula is C16H23Cl2N5O3. The minimum atomic E-state index is -0.456. The standard InChI is InChI=1S/C16H21N5O3.2ClH/c1-9-4-5-17-8-12(9)19-14(22)10-6-11-13(18-7-10)20(2)16(24)21(3)15(11)23;;/h6-7,9,12,17H,4-5,8H2,1-3H3,(H,19,22);2*1H. The number of nitrogens with zero attached hydrogens (tertiary/aromatic N) is 3. The first-order valence-corrected chi connectivity index (χ1v) is 7.97. The average Bonchev–Trinajstić information content (AvgIpc) is 2.59. The third-order valence-corrected chi connectivity index (χ3v) is 4.70. The summed E-state index contributed by atoms with van der Waals surface area (Å²) in [6.45, 7) is 3.79. The van der Waals surface area contributed by atoms with Gasteiger partial charge in [0.1, 0.15) is 5.65 Å². The molecule has 8 nitrogen and oxygen atoms in total. The van der Waals surface area contributed by atoms with Crippen molar-refractivity contribution in [3.8, 4) is 0 Å². The largest absolute Gasteiger partial charge is 0.348 e. The maximum Gasteiger partial charge on any atom is 0.332 e. The highest BCUT2D eigenvalue weighted by Gasteiger charge is 2.23. The van der Waals surface area contributed by atoms with Crippen LogP contribution >= 0.6 is 24.8 Å². The quantitative estimate of drug-likeness (QED) is 0.746. The Bertz CT molecular complexity index is 924. The van der Waals surface area contributed by atoms with Crippen molar-refractivity contribution in [3.63, 3.8) is 0 Å². The lowest BCUT2D eigenvalue weighted by atomic mass is 9.94. The Labute approximate surface area is 162 Å². The fraction of sp³-hybridized carbons (Fsp3) is 0.500. The third kappa shape index (κ3) is 3.92. The van der Waals surface area contributed by atoms with E-state index in [2.05, 4.69) is 22.5 Å². The van der Waals surface area contributed by atoms with Gasteiger partial charge in [0, 0.05) is 32.9 Å². The number of aryl methyl sites for hydroxylation is 1. The number of nitrogens with one attached hydrogen (secondary N) is 2. The van der Waals surface area contributed by atoms with Crippen LogP contribution in [0, 0.1) is 5.92 Å². The predicted octanol–water partition coefficient (Wildman–Crippen LogP) is 0.204. The molecular weight excluding hydrogens is 381 g/mol. The highest BCUT2D eigenvalue weighted by Crippen LogP contribution is 2.13. The first kappa shape index (κ1) is 22.1. The van der Waals surface area contributed by atoms with Crippen molar-refractivity contribution in [2.24, 2.45) is 20.0 Å². The summed E-state index contributed by atoms with van der Waals surface area (Å²) in [5, 5.41) is 6.50. The Balaban J connectivity index is 0.00000169. The second-order valence-electron chi connectivity index (χ2n) is 6.35. The number of aromatic nitrogens is 3. The van der Waals surface area contributed by atoms with Crippen LogP contribution in [0.25, 0.3) is 11.0 Å². The van der Waals surface area contributed by atoms with Crippen LogP contribution in [0.3, 0.4) is 0 Å². The molecule has 1 fully saturated rings. The molecule has 26 heavy (non-hydrogen) atoms. The Hall–Kier alpha value is -1.90. The van der Waals surface area contributed by atoms with Crippen molar-refractivity contribution in [1.29, 1.82) is 0 Å². The second kappa shape index (κ2) is 8.66. The van der Waals surface area contributed by atoms with Gasteiger partial charge >= 0.3 is 5.69 Å². The molecule has 1 amide bonds. The summed E-state index contributed by atoms with van der Waals surface area (Å²) in [4.78, 5) is 40.9. The van der Waals surface area contributed by atoms with Crippen LogP contribution in [0.4, 0.5) is 0 Å². The molecule has 2 aromatic rings. The lowest BCUT2D eigenvalue weighted by Gasteiger charge is -2.30. The van der Waals surface area contributed by atoms with Gasteiger partial charge in [-0.15, -0.1) is 24.8 Å². The maximum atomic E-state index is 12.5. The number of pyridine rings is 1. The summed E-state index contributed by atoms with van der Waals surface area (Å²) in [6.07, 6.45) is 2.40. The molecule has 1 aliphatic heterocycles. The van der Waals surface area contributed by atoms with Crippen LogP contribution in [0.1, 0.15) is 23.7 Å². The Morgan fingerprint density at radius 2 is 1.96 bits per heavy atom. The van der Waals surface area contributed by atoms with Crippen molar-refractivity contribution in [1.82, 2.24) is 24.8 Å². The van der Waals surface area contributed by atoms with Crippen molar-refractivity contribution in [2.75, 3.05) is 13.1 Å². The highest BCUT2D eigenvalue weighted by atomic mass is 35.5. The molecule has 2 N–H and O–H groups in total. The van der Waals surface area contributed by atoms with Gasteiger partial charge in [0.05, 0.1) is 10.9 Å². The number of hydrogen-bond acceptors (Lipinski definition) is 5. The van der Waals surface area contributed by atoms with Gasteiger partial charge in [0.15, 0.2) is 0 Å². The fourth-order valence-corrected chi connectivity index (χ4v) is 3.02. The summed E-state index contributed by atoms with van der Waals surface area (Å²) in [7, 11) is 2.96. The molecule has 0 bridgehead atoms. The van der Waals surface area contributed by atoms with E-state index in [1.807, 2.05) is 0 Å². The normalized spacial score (nSPS) is 19.3. The summed E-state index contributed by atoms with van der Waals surface area (Å²) in [5.74, 6) is 0.123. The van der Waals surface area contributed by atoms with Gasteiger partial charge in [-0.25, -0.2) is 9.78 Å². The van der Waals surface area contributed by atoms with E-state index in [-0.39, 0.29) is 47.8 Å². The van der Waals surface area contributed by atoms with E-state index < -0.39 is 11.2 Å². The number of amides is 1. The minimum absolute atomic E-state index is 0. The number of hydrogen-bond donors (Lipinski definition) is 2. The van der Waals surface area contributed by atoms with Crippen LogP contribution in [0.5, 0.6) is 0 Å². The smallest absolute Gasteiger partial charge is 0.332 e. The molecule has 2 aromatic heterocycles. The lowest BCUT2D eigenvalue weighted by Crippen LogP contribution is -2.50. The number of carbonyl (C=O) groups excluding carboxylic acids is 1. The first-order chi connectivity index (χ1) is 11.4. The number of piperidine rings is 1. The zero-order valence-electron chi connectivity index (χ0n) is 14.8. The lowest BCUT2D eigenvalue weighted by molar-refractivity contribution is 0.0915. The Kier molecular flexibility index (Phi) is 7.37. The number of rotatable bonds is 2. The molecule has 0 aromatic carbocycles. The fourth-order valence-electron chi connectivity index (χ4n) is 3.02. The molecule has 0 aliphatic carbocycles. The average molecular weight is 404 g/mol. The molecule has 3 rings (SSSR count). The molecule has 2 unspecified atom stereocenters. The van der Waals surface area contributed by atoms with Gasteiger partial charge < -0.3 is 10.6 Å². The summed E-state index contributed by atoms with van der Waals surface area (Å²) in [5.41, 5.74) is -0.314.